The van der Waals surface area contributed by atoms with Crippen molar-refractivity contribution in [2.75, 3.05) is 19.5 Å². The number of para-hydroxylation sites is 1. The topological polar surface area (TPSA) is 30.5 Å². The number of hydrogen-bond acceptors (Lipinski definition) is 3. The second kappa shape index (κ2) is 6.87. The van der Waals surface area contributed by atoms with Crippen molar-refractivity contribution in [2.45, 2.75) is 6.54 Å². The molecule has 0 amide bonds. The van der Waals surface area contributed by atoms with Gasteiger partial charge >= 0.3 is 0 Å². The van der Waals surface area contributed by atoms with Crippen molar-refractivity contribution in [1.29, 1.82) is 0 Å². The zero-order valence-electron chi connectivity index (χ0n) is 11.5. The monoisotopic (exact) mass is 329 g/mol. The molecule has 2 rings (SSSR count). The molecule has 21 heavy (non-hydrogen) atoms. The van der Waals surface area contributed by atoms with Gasteiger partial charge in [0.1, 0.15) is 5.82 Å². The summed E-state index contributed by atoms with van der Waals surface area (Å²) in [6.45, 7) is 0.305. The summed E-state index contributed by atoms with van der Waals surface area (Å²) < 4.78 is 24.1. The van der Waals surface area contributed by atoms with Crippen LogP contribution in [0.25, 0.3) is 0 Å². The van der Waals surface area contributed by atoms with Crippen molar-refractivity contribution in [3.63, 3.8) is 0 Å². The summed E-state index contributed by atoms with van der Waals surface area (Å²) in [4.78, 5) is 0. The Morgan fingerprint density at radius 3 is 2.48 bits per heavy atom. The van der Waals surface area contributed by atoms with E-state index in [9.17, 15) is 4.39 Å². The lowest BCUT2D eigenvalue weighted by molar-refractivity contribution is 0.355. The third-order valence-corrected chi connectivity index (χ3v) is 3.71. The minimum absolute atomic E-state index is 0.241. The molecule has 3 nitrogen and oxygen atoms in total. The summed E-state index contributed by atoms with van der Waals surface area (Å²) in [6.07, 6.45) is 0. The van der Waals surface area contributed by atoms with E-state index >= 15 is 0 Å². The van der Waals surface area contributed by atoms with Gasteiger partial charge in [-0.05, 0) is 23.8 Å². The van der Waals surface area contributed by atoms with Gasteiger partial charge in [0.2, 0.25) is 0 Å². The van der Waals surface area contributed by atoms with Crippen molar-refractivity contribution >= 4 is 28.9 Å². The molecule has 0 fully saturated rings. The normalized spacial score (nSPS) is 10.3. The molecule has 0 spiro atoms. The van der Waals surface area contributed by atoms with E-state index in [4.69, 9.17) is 32.7 Å². The first-order valence-electron chi connectivity index (χ1n) is 6.15. The number of benzene rings is 2. The molecule has 0 aliphatic rings. The first-order chi connectivity index (χ1) is 10.1. The molecule has 2 aromatic carbocycles. The van der Waals surface area contributed by atoms with Crippen LogP contribution < -0.4 is 14.8 Å². The standard InChI is InChI=1S/C15H14Cl2FNO2/c1-20-12-7-6-9(13(17)15(12)21-2)8-19-14-10(16)4-3-5-11(14)18/h3-7,19H,8H2,1-2H3. The molecule has 0 bridgehead atoms. The first-order valence-corrected chi connectivity index (χ1v) is 6.91. The van der Waals surface area contributed by atoms with E-state index in [1.165, 1.54) is 20.3 Å². The Labute approximate surface area is 132 Å². The number of hydrogen-bond donors (Lipinski definition) is 1. The summed E-state index contributed by atoms with van der Waals surface area (Å²) in [5.74, 6) is 0.562. The predicted molar refractivity (Wildman–Crippen MR) is 83.3 cm³/mol. The quantitative estimate of drug-likeness (QED) is 0.857. The summed E-state index contributed by atoms with van der Waals surface area (Å²) in [5.41, 5.74) is 0.985. The van der Waals surface area contributed by atoms with Crippen molar-refractivity contribution < 1.29 is 13.9 Å². The molecule has 112 valence electrons. The van der Waals surface area contributed by atoms with Crippen LogP contribution in [0.15, 0.2) is 30.3 Å². The average molecular weight is 330 g/mol. The highest BCUT2D eigenvalue weighted by atomic mass is 35.5. The lowest BCUT2D eigenvalue weighted by Crippen LogP contribution is -2.04. The fourth-order valence-corrected chi connectivity index (χ4v) is 2.45. The number of anilines is 1. The van der Waals surface area contributed by atoms with Gasteiger partial charge in [-0.3, -0.25) is 0 Å². The molecule has 0 atom stereocenters. The Kier molecular flexibility index (Phi) is 5.15. The van der Waals surface area contributed by atoms with E-state index < -0.39 is 5.82 Å². The van der Waals surface area contributed by atoms with Crippen LogP contribution in [0.4, 0.5) is 10.1 Å². The second-order valence-electron chi connectivity index (χ2n) is 4.22. The zero-order chi connectivity index (χ0) is 15.4. The van der Waals surface area contributed by atoms with Gasteiger partial charge in [-0.1, -0.05) is 35.3 Å². The maximum absolute atomic E-state index is 13.7. The van der Waals surface area contributed by atoms with Crippen LogP contribution >= 0.6 is 23.2 Å². The van der Waals surface area contributed by atoms with Gasteiger partial charge in [0.05, 0.1) is 30.0 Å². The van der Waals surface area contributed by atoms with Crippen molar-refractivity contribution in [3.05, 3.63) is 51.8 Å². The van der Waals surface area contributed by atoms with E-state index in [0.29, 0.717) is 28.1 Å². The SMILES string of the molecule is COc1ccc(CNc2c(F)cccc2Cl)c(Cl)c1OC. The predicted octanol–water partition coefficient (Wildman–Crippen LogP) is 4.76. The Balaban J connectivity index is 2.25. The van der Waals surface area contributed by atoms with Crippen molar-refractivity contribution in [3.8, 4) is 11.5 Å². The third-order valence-electron chi connectivity index (χ3n) is 2.98. The van der Waals surface area contributed by atoms with Gasteiger partial charge in [0.15, 0.2) is 11.5 Å². The van der Waals surface area contributed by atoms with Gasteiger partial charge in [-0.25, -0.2) is 4.39 Å². The molecule has 6 heteroatoms. The number of ether oxygens (including phenoxy) is 2. The van der Waals surface area contributed by atoms with Gasteiger partial charge in [-0.2, -0.15) is 0 Å². The lowest BCUT2D eigenvalue weighted by atomic mass is 10.2. The van der Waals surface area contributed by atoms with Crippen LogP contribution in [0.3, 0.4) is 0 Å². The molecule has 0 unspecified atom stereocenters. The van der Waals surface area contributed by atoms with E-state index in [1.807, 2.05) is 0 Å². The smallest absolute Gasteiger partial charge is 0.179 e. The average Bonchev–Trinajstić information content (AvgIpc) is 2.47. The van der Waals surface area contributed by atoms with E-state index in [0.717, 1.165) is 5.56 Å². The second-order valence-corrected chi connectivity index (χ2v) is 5.01. The highest BCUT2D eigenvalue weighted by Gasteiger charge is 2.14. The Morgan fingerprint density at radius 2 is 1.86 bits per heavy atom. The molecular formula is C15H14Cl2FNO2. The number of methoxy groups -OCH3 is 2. The minimum atomic E-state index is -0.418. The molecule has 0 aliphatic carbocycles. The van der Waals surface area contributed by atoms with Gasteiger partial charge < -0.3 is 14.8 Å². The van der Waals surface area contributed by atoms with E-state index in [2.05, 4.69) is 5.32 Å². The molecular weight excluding hydrogens is 316 g/mol. The van der Waals surface area contributed by atoms with E-state index in [1.54, 1.807) is 24.3 Å². The van der Waals surface area contributed by atoms with E-state index in [-0.39, 0.29) is 5.69 Å². The van der Waals surface area contributed by atoms with Gasteiger partial charge in [0, 0.05) is 6.54 Å². The highest BCUT2D eigenvalue weighted by Crippen LogP contribution is 2.37. The lowest BCUT2D eigenvalue weighted by Gasteiger charge is -2.14. The van der Waals surface area contributed by atoms with Crippen LogP contribution in [0.1, 0.15) is 5.56 Å². The fraction of sp³-hybridized carbons (Fsp3) is 0.200. The molecule has 0 aliphatic heterocycles. The number of nitrogens with one attached hydrogen (secondary N) is 1. The van der Waals surface area contributed by atoms with Crippen LogP contribution in [0.2, 0.25) is 10.0 Å². The maximum atomic E-state index is 13.7. The van der Waals surface area contributed by atoms with Crippen molar-refractivity contribution in [2.24, 2.45) is 0 Å². The Morgan fingerprint density at radius 1 is 1.10 bits per heavy atom. The third kappa shape index (κ3) is 3.34. The maximum Gasteiger partial charge on any atom is 0.179 e. The summed E-state index contributed by atoms with van der Waals surface area (Å²) in [6, 6.07) is 8.02. The van der Waals surface area contributed by atoms with Crippen LogP contribution in [-0.2, 0) is 6.54 Å². The van der Waals surface area contributed by atoms with Gasteiger partial charge in [0.25, 0.3) is 0 Å². The molecule has 2 aromatic rings. The first kappa shape index (κ1) is 15.7. The summed E-state index contributed by atoms with van der Waals surface area (Å²) in [7, 11) is 3.04. The fourth-order valence-electron chi connectivity index (χ4n) is 1.92. The Hall–Kier alpha value is -1.65. The Bertz CT molecular complexity index is 630. The molecule has 0 saturated heterocycles. The van der Waals surface area contributed by atoms with Crippen LogP contribution in [-0.4, -0.2) is 14.2 Å². The molecule has 0 heterocycles. The number of halogens is 3. The van der Waals surface area contributed by atoms with Crippen LogP contribution in [0, 0.1) is 5.82 Å². The largest absolute Gasteiger partial charge is 0.493 e. The summed E-state index contributed by atoms with van der Waals surface area (Å²) in [5, 5.41) is 3.66. The molecule has 0 radical (unpaired) electrons. The summed E-state index contributed by atoms with van der Waals surface area (Å²) >= 11 is 12.2. The molecule has 0 saturated carbocycles. The molecule has 0 aromatic heterocycles. The van der Waals surface area contributed by atoms with Gasteiger partial charge in [-0.15, -0.1) is 0 Å². The minimum Gasteiger partial charge on any atom is -0.493 e. The van der Waals surface area contributed by atoms with Crippen LogP contribution in [0.5, 0.6) is 11.5 Å². The highest BCUT2D eigenvalue weighted by molar-refractivity contribution is 6.33. The molecule has 1 N–H and O–H groups in total. The number of rotatable bonds is 5. The zero-order valence-corrected chi connectivity index (χ0v) is 13.1. The van der Waals surface area contributed by atoms with Crippen molar-refractivity contribution in [1.82, 2.24) is 0 Å².